The van der Waals surface area contributed by atoms with Gasteiger partial charge in [-0.15, -0.1) is 0 Å². The van der Waals surface area contributed by atoms with E-state index in [9.17, 15) is 14.4 Å². The molecule has 0 aromatic heterocycles. The smallest absolute Gasteiger partial charge is 0.243 e. The minimum absolute atomic E-state index is 0.156. The van der Waals surface area contributed by atoms with E-state index in [0.717, 1.165) is 12.0 Å². The lowest BCUT2D eigenvalue weighted by molar-refractivity contribution is -0.148. The molecule has 5 atom stereocenters. The number of fused-ring (bicyclic) bond motifs is 5. The SMILES string of the molecule is CNC(=O)[C@@H](Cc1ccccc1)N1C(=O)[C@@H]2[C@H](C1=O)[C@H]1C=C[C@H]2C1. The number of nitrogens with one attached hydrogen (secondary N) is 1. The van der Waals surface area contributed by atoms with E-state index in [1.165, 1.54) is 11.9 Å². The number of carbonyl (C=O) groups is 3. The van der Waals surface area contributed by atoms with Crippen molar-refractivity contribution in [2.75, 3.05) is 7.05 Å². The normalized spacial score (nSPS) is 31.5. The first-order valence-electron chi connectivity index (χ1n) is 8.42. The van der Waals surface area contributed by atoms with Gasteiger partial charge >= 0.3 is 0 Å². The quantitative estimate of drug-likeness (QED) is 0.667. The molecule has 1 saturated carbocycles. The van der Waals surface area contributed by atoms with Gasteiger partial charge in [-0.05, 0) is 23.8 Å². The molecule has 1 saturated heterocycles. The van der Waals surface area contributed by atoms with Gasteiger partial charge in [0.15, 0.2) is 0 Å². The molecule has 24 heavy (non-hydrogen) atoms. The number of hydrogen-bond donors (Lipinski definition) is 1. The number of likely N-dealkylation sites (N-methyl/N-ethyl adjacent to an activating group) is 1. The van der Waals surface area contributed by atoms with Crippen molar-refractivity contribution in [1.29, 1.82) is 0 Å². The maximum atomic E-state index is 12.9. The Balaban J connectivity index is 1.65. The van der Waals surface area contributed by atoms with E-state index in [1.54, 1.807) is 0 Å². The number of imide groups is 1. The minimum atomic E-state index is -0.776. The Labute approximate surface area is 140 Å². The number of carbonyl (C=O) groups excluding carboxylic acids is 3. The second kappa shape index (κ2) is 5.58. The second-order valence-electron chi connectivity index (χ2n) is 6.87. The largest absolute Gasteiger partial charge is 0.357 e. The predicted molar refractivity (Wildman–Crippen MR) is 87.6 cm³/mol. The summed E-state index contributed by atoms with van der Waals surface area (Å²) >= 11 is 0. The van der Waals surface area contributed by atoms with Crippen LogP contribution in [0.5, 0.6) is 0 Å². The van der Waals surface area contributed by atoms with E-state index in [1.807, 2.05) is 30.3 Å². The van der Waals surface area contributed by atoms with Crippen LogP contribution in [0.4, 0.5) is 0 Å². The fraction of sp³-hybridized carbons (Fsp3) is 0.421. The molecule has 124 valence electrons. The summed E-state index contributed by atoms with van der Waals surface area (Å²) < 4.78 is 0. The molecule has 1 N–H and O–H groups in total. The van der Waals surface area contributed by atoms with Gasteiger partial charge in [-0.3, -0.25) is 19.3 Å². The summed E-state index contributed by atoms with van der Waals surface area (Å²) in [5.41, 5.74) is 0.935. The summed E-state index contributed by atoms with van der Waals surface area (Å²) in [7, 11) is 1.54. The Kier molecular flexibility index (Phi) is 3.52. The average molecular weight is 324 g/mol. The highest BCUT2D eigenvalue weighted by Gasteiger charge is 2.60. The van der Waals surface area contributed by atoms with Crippen LogP contribution in [0.3, 0.4) is 0 Å². The summed E-state index contributed by atoms with van der Waals surface area (Å²) in [4.78, 5) is 39.5. The first-order valence-corrected chi connectivity index (χ1v) is 8.42. The zero-order valence-corrected chi connectivity index (χ0v) is 13.5. The van der Waals surface area contributed by atoms with Crippen LogP contribution in [0.15, 0.2) is 42.5 Å². The molecule has 0 spiro atoms. The van der Waals surface area contributed by atoms with E-state index in [4.69, 9.17) is 0 Å². The number of rotatable bonds is 4. The Morgan fingerprint density at radius 3 is 2.25 bits per heavy atom. The first kappa shape index (κ1) is 15.1. The lowest BCUT2D eigenvalue weighted by atomic mass is 9.85. The molecule has 1 aromatic rings. The molecule has 2 bridgehead atoms. The Hall–Kier alpha value is -2.43. The monoisotopic (exact) mass is 324 g/mol. The highest BCUT2D eigenvalue weighted by atomic mass is 16.2. The lowest BCUT2D eigenvalue weighted by Gasteiger charge is -2.26. The number of amides is 3. The maximum absolute atomic E-state index is 12.9. The van der Waals surface area contributed by atoms with Crippen LogP contribution in [0.1, 0.15) is 12.0 Å². The van der Waals surface area contributed by atoms with Gasteiger partial charge in [-0.1, -0.05) is 42.5 Å². The van der Waals surface area contributed by atoms with Crippen LogP contribution in [0.25, 0.3) is 0 Å². The highest BCUT2D eigenvalue weighted by Crippen LogP contribution is 2.52. The van der Waals surface area contributed by atoms with E-state index < -0.39 is 6.04 Å². The third kappa shape index (κ3) is 2.11. The third-order valence-corrected chi connectivity index (χ3v) is 5.64. The van der Waals surface area contributed by atoms with Crippen molar-refractivity contribution in [1.82, 2.24) is 10.2 Å². The average Bonchev–Trinajstić information content (AvgIpc) is 3.28. The minimum Gasteiger partial charge on any atom is -0.357 e. The molecule has 3 aliphatic rings. The zero-order valence-electron chi connectivity index (χ0n) is 13.5. The summed E-state index contributed by atoms with van der Waals surface area (Å²) in [6.45, 7) is 0. The molecule has 3 amide bonds. The van der Waals surface area contributed by atoms with Gasteiger partial charge in [-0.25, -0.2) is 0 Å². The number of nitrogens with zero attached hydrogens (tertiary/aromatic N) is 1. The van der Waals surface area contributed by atoms with Gasteiger partial charge in [0, 0.05) is 13.5 Å². The molecule has 2 aliphatic carbocycles. The van der Waals surface area contributed by atoms with Crippen LogP contribution in [0.2, 0.25) is 0 Å². The first-order chi connectivity index (χ1) is 11.6. The van der Waals surface area contributed by atoms with Gasteiger partial charge in [0.1, 0.15) is 6.04 Å². The summed E-state index contributed by atoms with van der Waals surface area (Å²) in [6.07, 6.45) is 5.36. The van der Waals surface area contributed by atoms with Crippen molar-refractivity contribution >= 4 is 17.7 Å². The number of allylic oxidation sites excluding steroid dienone is 2. The molecule has 0 radical (unpaired) electrons. The standard InChI is InChI=1S/C19H20N2O3/c1-20-17(22)14(9-11-5-3-2-4-6-11)21-18(23)15-12-7-8-13(10-12)16(15)19(21)24/h2-8,12-16H,9-10H2,1H3,(H,20,22)/t12-,13-,14+,15-,16+/m0/s1. The Morgan fingerprint density at radius 2 is 1.71 bits per heavy atom. The predicted octanol–water partition coefficient (Wildman–Crippen LogP) is 1.15. The topological polar surface area (TPSA) is 66.5 Å². The number of hydrogen-bond acceptors (Lipinski definition) is 3. The van der Waals surface area contributed by atoms with Crippen molar-refractivity contribution in [2.45, 2.75) is 18.9 Å². The summed E-state index contributed by atoms with van der Waals surface area (Å²) in [5.74, 6) is -0.864. The van der Waals surface area contributed by atoms with Gasteiger partial charge in [0.25, 0.3) is 0 Å². The van der Waals surface area contributed by atoms with Crippen LogP contribution in [-0.2, 0) is 20.8 Å². The molecule has 0 unspecified atom stereocenters. The van der Waals surface area contributed by atoms with Gasteiger partial charge < -0.3 is 5.32 Å². The molecule has 5 heteroatoms. The van der Waals surface area contributed by atoms with Crippen LogP contribution in [0, 0.1) is 23.7 Å². The zero-order chi connectivity index (χ0) is 16.8. The molecule has 5 nitrogen and oxygen atoms in total. The van der Waals surface area contributed by atoms with Crippen molar-refractivity contribution < 1.29 is 14.4 Å². The third-order valence-electron chi connectivity index (χ3n) is 5.64. The number of likely N-dealkylation sites (tertiary alicyclic amines) is 1. The fourth-order valence-corrected chi connectivity index (χ4v) is 4.54. The maximum Gasteiger partial charge on any atom is 0.243 e. The number of benzene rings is 1. The Morgan fingerprint density at radius 1 is 1.12 bits per heavy atom. The van der Waals surface area contributed by atoms with Gasteiger partial charge in [0.2, 0.25) is 17.7 Å². The fourth-order valence-electron chi connectivity index (χ4n) is 4.54. The molecular formula is C19H20N2O3. The van der Waals surface area contributed by atoms with E-state index in [2.05, 4.69) is 17.5 Å². The lowest BCUT2D eigenvalue weighted by Crippen LogP contribution is -2.51. The van der Waals surface area contributed by atoms with Gasteiger partial charge in [-0.2, -0.15) is 0 Å². The van der Waals surface area contributed by atoms with E-state index in [-0.39, 0.29) is 41.4 Å². The van der Waals surface area contributed by atoms with Gasteiger partial charge in [0.05, 0.1) is 11.8 Å². The summed E-state index contributed by atoms with van der Waals surface area (Å²) in [6, 6.07) is 8.73. The van der Waals surface area contributed by atoms with E-state index >= 15 is 0 Å². The van der Waals surface area contributed by atoms with Crippen molar-refractivity contribution in [2.24, 2.45) is 23.7 Å². The molecule has 1 heterocycles. The van der Waals surface area contributed by atoms with Crippen molar-refractivity contribution in [3.05, 3.63) is 48.0 Å². The van der Waals surface area contributed by atoms with E-state index in [0.29, 0.717) is 6.42 Å². The van der Waals surface area contributed by atoms with Crippen LogP contribution >= 0.6 is 0 Å². The van der Waals surface area contributed by atoms with Crippen molar-refractivity contribution in [3.8, 4) is 0 Å². The summed E-state index contributed by atoms with van der Waals surface area (Å²) in [5, 5.41) is 2.61. The second-order valence-corrected chi connectivity index (χ2v) is 6.87. The molecule has 1 aliphatic heterocycles. The molecule has 1 aromatic carbocycles. The molecule has 4 rings (SSSR count). The molecular weight excluding hydrogens is 304 g/mol. The highest BCUT2D eigenvalue weighted by molar-refractivity contribution is 6.09. The Bertz CT molecular complexity index is 697. The van der Waals surface area contributed by atoms with Crippen LogP contribution in [-0.4, -0.2) is 35.7 Å². The van der Waals surface area contributed by atoms with Crippen molar-refractivity contribution in [3.63, 3.8) is 0 Å². The van der Waals surface area contributed by atoms with Crippen LogP contribution < -0.4 is 5.32 Å². The molecule has 2 fully saturated rings.